The molecule has 0 aromatic heterocycles. The van der Waals surface area contributed by atoms with Crippen LogP contribution in [0.5, 0.6) is 0 Å². The first-order valence-electron chi connectivity index (χ1n) is 6.47. The predicted octanol–water partition coefficient (Wildman–Crippen LogP) is 0.796. The van der Waals surface area contributed by atoms with Gasteiger partial charge in [-0.3, -0.25) is 4.99 Å². The predicted molar refractivity (Wildman–Crippen MR) is 77.3 cm³/mol. The van der Waals surface area contributed by atoms with Crippen molar-refractivity contribution >= 4 is 5.96 Å². The fourth-order valence-electron chi connectivity index (χ4n) is 1.51. The van der Waals surface area contributed by atoms with Crippen LogP contribution in [0.2, 0.25) is 0 Å². The van der Waals surface area contributed by atoms with Gasteiger partial charge in [-0.1, -0.05) is 30.3 Å². The number of methoxy groups -OCH3 is 1. The number of nitrogens with one attached hydrogen (secondary N) is 1. The van der Waals surface area contributed by atoms with E-state index in [-0.39, 0.29) is 0 Å². The molecule has 0 unspecified atom stereocenters. The molecule has 0 atom stereocenters. The van der Waals surface area contributed by atoms with Gasteiger partial charge < -0.3 is 20.5 Å². The van der Waals surface area contributed by atoms with Crippen molar-refractivity contribution in [1.82, 2.24) is 5.32 Å². The molecule has 0 heterocycles. The number of ether oxygens (including phenoxy) is 2. The SMILES string of the molecule is COCCOCCN=C(N)NCCc1ccccc1. The Hall–Kier alpha value is -1.59. The molecule has 0 saturated heterocycles. The monoisotopic (exact) mass is 265 g/mol. The van der Waals surface area contributed by atoms with Crippen LogP contribution in [0.15, 0.2) is 35.3 Å². The Morgan fingerprint density at radius 3 is 2.74 bits per heavy atom. The largest absolute Gasteiger partial charge is 0.382 e. The Morgan fingerprint density at radius 1 is 1.21 bits per heavy atom. The summed E-state index contributed by atoms with van der Waals surface area (Å²) >= 11 is 0. The van der Waals surface area contributed by atoms with Gasteiger partial charge in [-0.25, -0.2) is 0 Å². The second-order valence-electron chi connectivity index (χ2n) is 4.03. The van der Waals surface area contributed by atoms with Crippen LogP contribution < -0.4 is 11.1 Å². The normalized spacial score (nSPS) is 11.5. The first-order chi connectivity index (χ1) is 9.33. The van der Waals surface area contributed by atoms with Crippen molar-refractivity contribution in [3.8, 4) is 0 Å². The molecule has 0 bridgehead atoms. The van der Waals surface area contributed by atoms with Crippen molar-refractivity contribution in [2.24, 2.45) is 10.7 Å². The summed E-state index contributed by atoms with van der Waals surface area (Å²) < 4.78 is 10.1. The molecule has 5 nitrogen and oxygen atoms in total. The minimum Gasteiger partial charge on any atom is -0.382 e. The number of hydrogen-bond donors (Lipinski definition) is 2. The molecule has 0 fully saturated rings. The molecule has 0 spiro atoms. The van der Waals surface area contributed by atoms with Gasteiger partial charge in [-0.05, 0) is 12.0 Å². The lowest BCUT2D eigenvalue weighted by Crippen LogP contribution is -2.33. The lowest BCUT2D eigenvalue weighted by atomic mass is 10.1. The van der Waals surface area contributed by atoms with Crippen LogP contribution in [0.3, 0.4) is 0 Å². The minimum atomic E-state index is 0.464. The number of guanidine groups is 1. The van der Waals surface area contributed by atoms with E-state index in [1.165, 1.54) is 5.56 Å². The van der Waals surface area contributed by atoms with Gasteiger partial charge in [-0.15, -0.1) is 0 Å². The molecule has 3 N–H and O–H groups in total. The standard InChI is InChI=1S/C14H23N3O2/c1-18-11-12-19-10-9-17-14(15)16-8-7-13-5-3-2-4-6-13/h2-6H,7-12H2,1H3,(H3,15,16,17). The van der Waals surface area contributed by atoms with Gasteiger partial charge >= 0.3 is 0 Å². The number of hydrogen-bond acceptors (Lipinski definition) is 3. The summed E-state index contributed by atoms with van der Waals surface area (Å²) in [5.41, 5.74) is 7.02. The van der Waals surface area contributed by atoms with Crippen LogP contribution in [0.25, 0.3) is 0 Å². The van der Waals surface area contributed by atoms with E-state index in [0.717, 1.165) is 13.0 Å². The molecule has 1 aromatic rings. The van der Waals surface area contributed by atoms with Crippen molar-refractivity contribution in [3.63, 3.8) is 0 Å². The van der Waals surface area contributed by atoms with Crippen molar-refractivity contribution in [1.29, 1.82) is 0 Å². The molecule has 0 aliphatic rings. The van der Waals surface area contributed by atoms with E-state index in [1.807, 2.05) is 18.2 Å². The van der Waals surface area contributed by atoms with Crippen LogP contribution in [-0.2, 0) is 15.9 Å². The fourth-order valence-corrected chi connectivity index (χ4v) is 1.51. The number of nitrogens with zero attached hydrogens (tertiary/aromatic N) is 1. The number of benzene rings is 1. The van der Waals surface area contributed by atoms with Crippen LogP contribution in [0.1, 0.15) is 5.56 Å². The van der Waals surface area contributed by atoms with E-state index in [4.69, 9.17) is 15.2 Å². The summed E-state index contributed by atoms with van der Waals surface area (Å²) in [6, 6.07) is 10.3. The average molecular weight is 265 g/mol. The maximum atomic E-state index is 5.74. The summed E-state index contributed by atoms with van der Waals surface area (Å²) in [4.78, 5) is 4.17. The highest BCUT2D eigenvalue weighted by Gasteiger charge is 1.93. The zero-order valence-electron chi connectivity index (χ0n) is 11.5. The summed E-state index contributed by atoms with van der Waals surface area (Å²) in [7, 11) is 1.65. The second-order valence-corrected chi connectivity index (χ2v) is 4.03. The van der Waals surface area contributed by atoms with Crippen molar-refractivity contribution in [2.45, 2.75) is 6.42 Å². The highest BCUT2D eigenvalue weighted by atomic mass is 16.5. The van der Waals surface area contributed by atoms with E-state index >= 15 is 0 Å². The quantitative estimate of drug-likeness (QED) is 0.393. The Bertz CT molecular complexity index is 355. The molecule has 1 aromatic carbocycles. The average Bonchev–Trinajstić information content (AvgIpc) is 2.44. The van der Waals surface area contributed by atoms with E-state index in [9.17, 15) is 0 Å². The first-order valence-corrected chi connectivity index (χ1v) is 6.47. The van der Waals surface area contributed by atoms with Gasteiger partial charge in [0, 0.05) is 13.7 Å². The molecule has 0 aliphatic heterocycles. The third-order valence-corrected chi connectivity index (χ3v) is 2.51. The highest BCUT2D eigenvalue weighted by Crippen LogP contribution is 1.97. The lowest BCUT2D eigenvalue weighted by Gasteiger charge is -2.06. The van der Waals surface area contributed by atoms with Gasteiger partial charge in [0.1, 0.15) is 0 Å². The summed E-state index contributed by atoms with van der Waals surface area (Å²) in [5.74, 6) is 0.464. The second kappa shape index (κ2) is 10.3. The Morgan fingerprint density at radius 2 is 2.00 bits per heavy atom. The maximum Gasteiger partial charge on any atom is 0.188 e. The first kappa shape index (κ1) is 15.5. The third-order valence-electron chi connectivity index (χ3n) is 2.51. The molecule has 5 heteroatoms. The summed E-state index contributed by atoms with van der Waals surface area (Å²) in [6.07, 6.45) is 0.932. The fraction of sp³-hybridized carbons (Fsp3) is 0.500. The van der Waals surface area contributed by atoms with Crippen LogP contribution in [0, 0.1) is 0 Å². The number of nitrogens with two attached hydrogens (primary N) is 1. The third kappa shape index (κ3) is 8.18. The van der Waals surface area contributed by atoms with E-state index in [2.05, 4.69) is 22.4 Å². The van der Waals surface area contributed by atoms with E-state index in [1.54, 1.807) is 7.11 Å². The zero-order chi connectivity index (χ0) is 13.8. The smallest absolute Gasteiger partial charge is 0.188 e. The van der Waals surface area contributed by atoms with Crippen molar-refractivity contribution < 1.29 is 9.47 Å². The van der Waals surface area contributed by atoms with Crippen LogP contribution >= 0.6 is 0 Å². The zero-order valence-corrected chi connectivity index (χ0v) is 11.5. The van der Waals surface area contributed by atoms with Crippen molar-refractivity contribution in [2.75, 3.05) is 40.0 Å². The van der Waals surface area contributed by atoms with Crippen LogP contribution in [0.4, 0.5) is 0 Å². The molecular weight excluding hydrogens is 242 g/mol. The Labute approximate surface area is 114 Å². The van der Waals surface area contributed by atoms with Gasteiger partial charge in [0.25, 0.3) is 0 Å². The summed E-state index contributed by atoms with van der Waals surface area (Å²) in [5, 5.41) is 3.08. The topological polar surface area (TPSA) is 68.9 Å². The van der Waals surface area contributed by atoms with E-state index < -0.39 is 0 Å². The Balaban J connectivity index is 2.05. The lowest BCUT2D eigenvalue weighted by molar-refractivity contribution is 0.0748. The molecular formula is C14H23N3O2. The number of rotatable bonds is 9. The number of aliphatic imine (C=N–C) groups is 1. The maximum absolute atomic E-state index is 5.74. The Kier molecular flexibility index (Phi) is 8.42. The van der Waals surface area contributed by atoms with Gasteiger partial charge in [-0.2, -0.15) is 0 Å². The van der Waals surface area contributed by atoms with Crippen molar-refractivity contribution in [3.05, 3.63) is 35.9 Å². The molecule has 106 valence electrons. The van der Waals surface area contributed by atoms with Gasteiger partial charge in [0.2, 0.25) is 0 Å². The summed E-state index contributed by atoms with van der Waals surface area (Å²) in [6.45, 7) is 3.10. The van der Waals surface area contributed by atoms with Gasteiger partial charge in [0.05, 0.1) is 26.4 Å². The molecule has 0 aliphatic carbocycles. The molecule has 1 rings (SSSR count). The molecule has 0 radical (unpaired) electrons. The minimum absolute atomic E-state index is 0.464. The molecule has 19 heavy (non-hydrogen) atoms. The van der Waals surface area contributed by atoms with E-state index in [0.29, 0.717) is 32.3 Å². The van der Waals surface area contributed by atoms with Crippen LogP contribution in [-0.4, -0.2) is 46.0 Å². The molecule has 0 saturated carbocycles. The van der Waals surface area contributed by atoms with Gasteiger partial charge in [0.15, 0.2) is 5.96 Å². The molecule has 0 amide bonds. The highest BCUT2D eigenvalue weighted by molar-refractivity contribution is 5.77.